The summed E-state index contributed by atoms with van der Waals surface area (Å²) in [5.74, 6) is 0.159. The molecule has 1 amide bonds. The number of imidazole rings is 1. The van der Waals surface area contributed by atoms with Crippen molar-refractivity contribution in [3.63, 3.8) is 0 Å². The molecule has 1 aliphatic rings. The van der Waals surface area contributed by atoms with E-state index in [4.69, 9.17) is 4.74 Å². The molecule has 1 aromatic heterocycles. The Balaban J connectivity index is 1.81. The van der Waals surface area contributed by atoms with Crippen LogP contribution in [0.2, 0.25) is 0 Å². The quantitative estimate of drug-likeness (QED) is 0.908. The monoisotopic (exact) mass is 290 g/mol. The van der Waals surface area contributed by atoms with Crippen LogP contribution in [0.5, 0.6) is 5.75 Å². The molecule has 21 heavy (non-hydrogen) atoms. The van der Waals surface area contributed by atoms with Crippen molar-refractivity contribution in [1.82, 2.24) is 9.55 Å². The number of carbonyl (C=O) groups is 1. The second-order valence-corrected chi connectivity index (χ2v) is 4.72. The van der Waals surface area contributed by atoms with Crippen molar-refractivity contribution >= 4 is 17.5 Å². The van der Waals surface area contributed by atoms with Crippen molar-refractivity contribution < 1.29 is 13.9 Å². The topological polar surface area (TPSA) is 68.2 Å². The van der Waals surface area contributed by atoms with Crippen molar-refractivity contribution in [3.8, 4) is 5.75 Å². The summed E-state index contributed by atoms with van der Waals surface area (Å²) < 4.78 is 20.6. The van der Waals surface area contributed by atoms with Crippen molar-refractivity contribution in [2.75, 3.05) is 24.3 Å². The van der Waals surface area contributed by atoms with Gasteiger partial charge in [-0.2, -0.15) is 0 Å². The fourth-order valence-corrected chi connectivity index (χ4v) is 2.20. The SMILES string of the molecule is COc1ccc(F)c(NC(=O)c2cn3c(n2)NCCC3)c1. The standard InChI is InChI=1S/C14H15FN4O2/c1-21-9-3-4-10(15)11(7-9)17-13(20)12-8-19-6-2-5-16-14(19)18-12/h3-4,7-8H,2,5-6H2,1H3,(H,16,18)(H,17,20). The highest BCUT2D eigenvalue weighted by molar-refractivity contribution is 6.03. The average Bonchev–Trinajstić information content (AvgIpc) is 2.93. The molecule has 0 radical (unpaired) electrons. The summed E-state index contributed by atoms with van der Waals surface area (Å²) in [6.45, 7) is 1.65. The summed E-state index contributed by atoms with van der Waals surface area (Å²) in [6.07, 6.45) is 2.64. The largest absolute Gasteiger partial charge is 0.497 e. The number of aryl methyl sites for hydroxylation is 1. The van der Waals surface area contributed by atoms with Gasteiger partial charge in [-0.05, 0) is 18.6 Å². The molecular weight excluding hydrogens is 275 g/mol. The Labute approximate surface area is 120 Å². The number of nitrogens with one attached hydrogen (secondary N) is 2. The van der Waals surface area contributed by atoms with Gasteiger partial charge in [0.15, 0.2) is 0 Å². The zero-order valence-electron chi connectivity index (χ0n) is 11.5. The fourth-order valence-electron chi connectivity index (χ4n) is 2.20. The molecule has 0 saturated heterocycles. The minimum atomic E-state index is -0.522. The molecule has 0 unspecified atom stereocenters. The van der Waals surface area contributed by atoms with Crippen LogP contribution < -0.4 is 15.4 Å². The van der Waals surface area contributed by atoms with Crippen LogP contribution in [0, 0.1) is 5.82 Å². The third-order valence-electron chi connectivity index (χ3n) is 3.29. The van der Waals surface area contributed by atoms with Crippen LogP contribution in [0.3, 0.4) is 0 Å². The number of hydrogen-bond donors (Lipinski definition) is 2. The first-order valence-electron chi connectivity index (χ1n) is 6.63. The number of fused-ring (bicyclic) bond motifs is 1. The van der Waals surface area contributed by atoms with Gasteiger partial charge in [0.25, 0.3) is 5.91 Å². The lowest BCUT2D eigenvalue weighted by molar-refractivity contribution is 0.102. The molecule has 0 saturated carbocycles. The van der Waals surface area contributed by atoms with Crippen LogP contribution >= 0.6 is 0 Å². The maximum atomic E-state index is 13.7. The molecule has 0 bridgehead atoms. The Bertz CT molecular complexity index is 660. The van der Waals surface area contributed by atoms with Crippen molar-refractivity contribution in [2.24, 2.45) is 0 Å². The van der Waals surface area contributed by atoms with E-state index in [1.807, 2.05) is 4.57 Å². The molecule has 1 aliphatic heterocycles. The van der Waals surface area contributed by atoms with Gasteiger partial charge in [0.2, 0.25) is 5.95 Å². The molecule has 6 nitrogen and oxygen atoms in total. The predicted octanol–water partition coefficient (Wildman–Crippen LogP) is 2.10. The first-order valence-corrected chi connectivity index (χ1v) is 6.63. The lowest BCUT2D eigenvalue weighted by Crippen LogP contribution is -2.16. The lowest BCUT2D eigenvalue weighted by Gasteiger charge is -2.14. The molecule has 7 heteroatoms. The lowest BCUT2D eigenvalue weighted by atomic mass is 10.2. The van der Waals surface area contributed by atoms with E-state index < -0.39 is 11.7 Å². The highest BCUT2D eigenvalue weighted by Crippen LogP contribution is 2.22. The van der Waals surface area contributed by atoms with E-state index in [1.54, 1.807) is 6.20 Å². The molecule has 2 heterocycles. The summed E-state index contributed by atoms with van der Waals surface area (Å²) in [4.78, 5) is 16.4. The molecule has 2 aromatic rings. The van der Waals surface area contributed by atoms with E-state index in [-0.39, 0.29) is 11.4 Å². The van der Waals surface area contributed by atoms with E-state index in [2.05, 4.69) is 15.6 Å². The maximum Gasteiger partial charge on any atom is 0.276 e. The Morgan fingerprint density at radius 2 is 2.38 bits per heavy atom. The smallest absolute Gasteiger partial charge is 0.276 e. The number of rotatable bonds is 3. The minimum absolute atomic E-state index is 0.0679. The molecule has 2 N–H and O–H groups in total. The number of aromatic nitrogens is 2. The number of amides is 1. The third kappa shape index (κ3) is 2.67. The van der Waals surface area contributed by atoms with Gasteiger partial charge in [-0.3, -0.25) is 4.79 Å². The number of methoxy groups -OCH3 is 1. The van der Waals surface area contributed by atoms with Crippen molar-refractivity contribution in [1.29, 1.82) is 0 Å². The molecule has 0 fully saturated rings. The highest BCUT2D eigenvalue weighted by atomic mass is 19.1. The van der Waals surface area contributed by atoms with Crippen LogP contribution in [0.15, 0.2) is 24.4 Å². The number of anilines is 2. The van der Waals surface area contributed by atoms with Gasteiger partial charge >= 0.3 is 0 Å². The molecule has 0 atom stereocenters. The summed E-state index contributed by atoms with van der Waals surface area (Å²) in [7, 11) is 1.48. The second-order valence-electron chi connectivity index (χ2n) is 4.72. The molecule has 3 rings (SSSR count). The first kappa shape index (κ1) is 13.4. The average molecular weight is 290 g/mol. The maximum absolute atomic E-state index is 13.7. The van der Waals surface area contributed by atoms with Gasteiger partial charge in [0, 0.05) is 25.4 Å². The van der Waals surface area contributed by atoms with E-state index in [0.717, 1.165) is 19.5 Å². The zero-order valence-corrected chi connectivity index (χ0v) is 11.5. The van der Waals surface area contributed by atoms with Gasteiger partial charge in [-0.15, -0.1) is 0 Å². The zero-order chi connectivity index (χ0) is 14.8. The van der Waals surface area contributed by atoms with Crippen LogP contribution in [0.4, 0.5) is 16.0 Å². The normalized spacial score (nSPS) is 13.2. The van der Waals surface area contributed by atoms with Gasteiger partial charge in [-0.1, -0.05) is 0 Å². The summed E-state index contributed by atoms with van der Waals surface area (Å²) in [6, 6.07) is 4.17. The Morgan fingerprint density at radius 1 is 1.52 bits per heavy atom. The first-order chi connectivity index (χ1) is 10.2. The van der Waals surface area contributed by atoms with Crippen LogP contribution in [0.25, 0.3) is 0 Å². The van der Waals surface area contributed by atoms with Crippen LogP contribution in [-0.2, 0) is 6.54 Å². The Morgan fingerprint density at radius 3 is 3.14 bits per heavy atom. The molecule has 110 valence electrons. The summed E-state index contributed by atoms with van der Waals surface area (Å²) in [5.41, 5.74) is 0.319. The number of benzene rings is 1. The van der Waals surface area contributed by atoms with Crippen LogP contribution in [0.1, 0.15) is 16.9 Å². The van der Waals surface area contributed by atoms with Crippen molar-refractivity contribution in [2.45, 2.75) is 13.0 Å². The number of carbonyl (C=O) groups excluding carboxylic acids is 1. The highest BCUT2D eigenvalue weighted by Gasteiger charge is 2.17. The predicted molar refractivity (Wildman–Crippen MR) is 76.2 cm³/mol. The second kappa shape index (κ2) is 5.43. The number of nitrogens with zero attached hydrogens (tertiary/aromatic N) is 2. The van der Waals surface area contributed by atoms with E-state index in [9.17, 15) is 9.18 Å². The third-order valence-corrected chi connectivity index (χ3v) is 3.29. The summed E-state index contributed by atoms with van der Waals surface area (Å²) in [5, 5.41) is 5.62. The van der Waals surface area contributed by atoms with Gasteiger partial charge in [-0.25, -0.2) is 9.37 Å². The molecule has 0 aliphatic carbocycles. The van der Waals surface area contributed by atoms with Gasteiger partial charge in [0.1, 0.15) is 17.3 Å². The van der Waals surface area contributed by atoms with Gasteiger partial charge in [0.05, 0.1) is 12.8 Å². The minimum Gasteiger partial charge on any atom is -0.497 e. The van der Waals surface area contributed by atoms with E-state index in [1.165, 1.54) is 25.3 Å². The van der Waals surface area contributed by atoms with Crippen molar-refractivity contribution in [3.05, 3.63) is 35.9 Å². The number of hydrogen-bond acceptors (Lipinski definition) is 4. The molecule has 1 aromatic carbocycles. The number of halogens is 1. The van der Waals surface area contributed by atoms with E-state index in [0.29, 0.717) is 11.7 Å². The Hall–Kier alpha value is -2.57. The Kier molecular flexibility index (Phi) is 3.47. The van der Waals surface area contributed by atoms with Gasteiger partial charge < -0.3 is 19.9 Å². The fraction of sp³-hybridized carbons (Fsp3) is 0.286. The molecular formula is C14H15FN4O2. The molecule has 0 spiro atoms. The van der Waals surface area contributed by atoms with E-state index >= 15 is 0 Å². The summed E-state index contributed by atoms with van der Waals surface area (Å²) >= 11 is 0. The van der Waals surface area contributed by atoms with Crippen LogP contribution in [-0.4, -0.2) is 29.1 Å². The number of ether oxygens (including phenoxy) is 1.